The zero-order chi connectivity index (χ0) is 16.4. The van der Waals surface area contributed by atoms with Gasteiger partial charge in [0.05, 0.1) is 11.4 Å². The smallest absolute Gasteiger partial charge is 0.231 e. The van der Waals surface area contributed by atoms with Gasteiger partial charge in [-0.1, -0.05) is 41.4 Å². The van der Waals surface area contributed by atoms with Gasteiger partial charge in [0.25, 0.3) is 0 Å². The number of rotatable bonds is 4. The summed E-state index contributed by atoms with van der Waals surface area (Å²) >= 11 is 14.3. The van der Waals surface area contributed by atoms with E-state index in [1.165, 1.54) is 0 Å². The average molecular weight is 365 g/mol. The minimum Gasteiger partial charge on any atom is -0.369 e. The number of amides is 1. The first kappa shape index (κ1) is 16.4. The SMILES string of the molecule is NC(=O)C(c1cccc(C2=CCCS2)n1)c1c(Cl)cccc1Cl. The Morgan fingerprint density at radius 3 is 2.48 bits per heavy atom. The number of benzene rings is 1. The molecule has 3 rings (SSSR count). The van der Waals surface area contributed by atoms with Gasteiger partial charge < -0.3 is 5.73 Å². The lowest BCUT2D eigenvalue weighted by Gasteiger charge is -2.17. The fourth-order valence-electron chi connectivity index (χ4n) is 2.57. The fraction of sp³-hybridized carbons (Fsp3) is 0.176. The maximum absolute atomic E-state index is 12.1. The maximum Gasteiger partial charge on any atom is 0.231 e. The first-order chi connectivity index (χ1) is 11.1. The van der Waals surface area contributed by atoms with Gasteiger partial charge in [-0.05, 0) is 30.7 Å². The van der Waals surface area contributed by atoms with E-state index in [1.54, 1.807) is 36.0 Å². The quantitative estimate of drug-likeness (QED) is 0.869. The average Bonchev–Trinajstić information content (AvgIpc) is 3.05. The molecule has 0 bridgehead atoms. The third-order valence-electron chi connectivity index (χ3n) is 3.60. The van der Waals surface area contributed by atoms with Gasteiger partial charge in [0.2, 0.25) is 5.91 Å². The van der Waals surface area contributed by atoms with E-state index in [0.29, 0.717) is 21.3 Å². The molecule has 2 heterocycles. The number of nitrogens with zero attached hydrogens (tertiary/aromatic N) is 1. The number of nitrogens with two attached hydrogens (primary N) is 1. The van der Waals surface area contributed by atoms with Crippen molar-refractivity contribution in [3.05, 3.63) is 69.5 Å². The Labute approximate surface area is 148 Å². The van der Waals surface area contributed by atoms with Crippen LogP contribution in [0.5, 0.6) is 0 Å². The van der Waals surface area contributed by atoms with Gasteiger partial charge >= 0.3 is 0 Å². The summed E-state index contributed by atoms with van der Waals surface area (Å²) in [7, 11) is 0. The zero-order valence-corrected chi connectivity index (χ0v) is 14.5. The highest BCUT2D eigenvalue weighted by Gasteiger charge is 2.27. The minimum absolute atomic E-state index is 0.406. The van der Waals surface area contributed by atoms with E-state index in [2.05, 4.69) is 11.1 Å². The summed E-state index contributed by atoms with van der Waals surface area (Å²) in [5.74, 6) is -0.252. The van der Waals surface area contributed by atoms with Crippen molar-refractivity contribution in [2.45, 2.75) is 12.3 Å². The molecule has 1 unspecified atom stereocenters. The molecule has 2 aromatic rings. The van der Waals surface area contributed by atoms with Gasteiger partial charge in [0.15, 0.2) is 0 Å². The number of halogens is 2. The summed E-state index contributed by atoms with van der Waals surface area (Å²) in [5.41, 5.74) is 7.53. The summed E-state index contributed by atoms with van der Waals surface area (Å²) in [6.07, 6.45) is 3.18. The Morgan fingerprint density at radius 1 is 1.17 bits per heavy atom. The molecule has 0 spiro atoms. The number of carbonyl (C=O) groups is 1. The fourth-order valence-corrected chi connectivity index (χ4v) is 4.14. The van der Waals surface area contributed by atoms with Crippen LogP contribution in [0, 0.1) is 0 Å². The first-order valence-corrected chi connectivity index (χ1v) is 8.85. The summed E-state index contributed by atoms with van der Waals surface area (Å²) in [6.45, 7) is 0. The maximum atomic E-state index is 12.1. The monoisotopic (exact) mass is 364 g/mol. The Hall–Kier alpha value is -1.49. The van der Waals surface area contributed by atoms with Gasteiger partial charge in [-0.15, -0.1) is 11.8 Å². The van der Waals surface area contributed by atoms with Gasteiger partial charge in [-0.3, -0.25) is 9.78 Å². The predicted molar refractivity (Wildman–Crippen MR) is 96.8 cm³/mol. The standard InChI is InChI=1S/C17H14Cl2N2OS/c18-10-4-1-5-11(19)15(10)16(17(20)22)13-7-2-6-12(21-13)14-8-3-9-23-14/h1-2,4-8,16H,3,9H2,(H2,20,22). The second kappa shape index (κ2) is 6.95. The topological polar surface area (TPSA) is 56.0 Å². The predicted octanol–water partition coefficient (Wildman–Crippen LogP) is 4.48. The number of pyridine rings is 1. The molecular weight excluding hydrogens is 351 g/mol. The van der Waals surface area contributed by atoms with E-state index in [0.717, 1.165) is 22.8 Å². The number of thioether (sulfide) groups is 1. The van der Waals surface area contributed by atoms with Crippen molar-refractivity contribution < 1.29 is 4.79 Å². The molecule has 0 saturated carbocycles. The Bertz CT molecular complexity index is 772. The molecule has 1 atom stereocenters. The van der Waals surface area contributed by atoms with Crippen LogP contribution in [0.3, 0.4) is 0 Å². The zero-order valence-electron chi connectivity index (χ0n) is 12.1. The third kappa shape index (κ3) is 3.39. The minimum atomic E-state index is -0.775. The Morgan fingerprint density at radius 2 is 1.87 bits per heavy atom. The molecule has 23 heavy (non-hydrogen) atoms. The molecule has 1 amide bonds. The van der Waals surface area contributed by atoms with Crippen LogP contribution in [-0.4, -0.2) is 16.6 Å². The molecule has 6 heteroatoms. The molecule has 1 aromatic carbocycles. The van der Waals surface area contributed by atoms with Crippen LogP contribution in [0.15, 0.2) is 42.5 Å². The molecule has 2 N–H and O–H groups in total. The molecule has 0 aliphatic carbocycles. The molecule has 1 aliphatic heterocycles. The number of carbonyl (C=O) groups excluding carboxylic acids is 1. The van der Waals surface area contributed by atoms with E-state index in [4.69, 9.17) is 28.9 Å². The van der Waals surface area contributed by atoms with Gasteiger partial charge in [0.1, 0.15) is 5.92 Å². The lowest BCUT2D eigenvalue weighted by atomic mass is 9.94. The largest absolute Gasteiger partial charge is 0.369 e. The van der Waals surface area contributed by atoms with Gasteiger partial charge in [0, 0.05) is 26.3 Å². The van der Waals surface area contributed by atoms with E-state index in [1.807, 2.05) is 12.1 Å². The van der Waals surface area contributed by atoms with Crippen LogP contribution in [0.1, 0.15) is 29.3 Å². The van der Waals surface area contributed by atoms with Crippen molar-refractivity contribution in [1.29, 1.82) is 0 Å². The second-order valence-electron chi connectivity index (χ2n) is 5.12. The Balaban J connectivity index is 2.09. The molecule has 3 nitrogen and oxygen atoms in total. The lowest BCUT2D eigenvalue weighted by Crippen LogP contribution is -2.24. The molecule has 1 aliphatic rings. The van der Waals surface area contributed by atoms with Crippen molar-refractivity contribution in [2.24, 2.45) is 5.73 Å². The third-order valence-corrected chi connectivity index (χ3v) is 5.38. The van der Waals surface area contributed by atoms with Gasteiger partial charge in [-0.25, -0.2) is 0 Å². The lowest BCUT2D eigenvalue weighted by molar-refractivity contribution is -0.118. The van der Waals surface area contributed by atoms with Gasteiger partial charge in [-0.2, -0.15) is 0 Å². The van der Waals surface area contributed by atoms with Crippen LogP contribution < -0.4 is 5.73 Å². The number of primary amides is 1. The van der Waals surface area contributed by atoms with E-state index >= 15 is 0 Å². The Kier molecular flexibility index (Phi) is 4.95. The highest BCUT2D eigenvalue weighted by atomic mass is 35.5. The second-order valence-corrected chi connectivity index (χ2v) is 7.08. The molecule has 0 saturated heterocycles. The molecule has 1 aromatic heterocycles. The summed E-state index contributed by atoms with van der Waals surface area (Å²) in [4.78, 5) is 17.8. The normalized spacial score (nSPS) is 15.3. The molecule has 118 valence electrons. The summed E-state index contributed by atoms with van der Waals surface area (Å²) in [6, 6.07) is 10.7. The van der Waals surface area contributed by atoms with Crippen LogP contribution in [0.2, 0.25) is 10.0 Å². The highest BCUT2D eigenvalue weighted by molar-refractivity contribution is 8.08. The highest BCUT2D eigenvalue weighted by Crippen LogP contribution is 2.37. The van der Waals surface area contributed by atoms with E-state index in [9.17, 15) is 4.79 Å². The number of hydrogen-bond acceptors (Lipinski definition) is 3. The van der Waals surface area contributed by atoms with Crippen molar-refractivity contribution in [2.75, 3.05) is 5.75 Å². The van der Waals surface area contributed by atoms with Crippen molar-refractivity contribution >= 4 is 45.8 Å². The van der Waals surface area contributed by atoms with E-state index in [-0.39, 0.29) is 0 Å². The number of aromatic nitrogens is 1. The van der Waals surface area contributed by atoms with E-state index < -0.39 is 11.8 Å². The van der Waals surface area contributed by atoms with Crippen LogP contribution in [-0.2, 0) is 4.79 Å². The van der Waals surface area contributed by atoms with Crippen molar-refractivity contribution in [3.8, 4) is 0 Å². The molecular formula is C17H14Cl2N2OS. The van der Waals surface area contributed by atoms with Crippen LogP contribution in [0.4, 0.5) is 0 Å². The van der Waals surface area contributed by atoms with Crippen LogP contribution >= 0.6 is 35.0 Å². The summed E-state index contributed by atoms with van der Waals surface area (Å²) in [5, 5.41) is 0.811. The van der Waals surface area contributed by atoms with Crippen molar-refractivity contribution in [3.63, 3.8) is 0 Å². The number of hydrogen-bond donors (Lipinski definition) is 1. The van der Waals surface area contributed by atoms with Crippen molar-refractivity contribution in [1.82, 2.24) is 4.98 Å². The first-order valence-electron chi connectivity index (χ1n) is 7.11. The van der Waals surface area contributed by atoms with Crippen LogP contribution in [0.25, 0.3) is 4.91 Å². The molecule has 0 fully saturated rings. The summed E-state index contributed by atoms with van der Waals surface area (Å²) < 4.78 is 0. The molecule has 0 radical (unpaired) electrons. The number of allylic oxidation sites excluding steroid dienone is 1.